The van der Waals surface area contributed by atoms with E-state index in [1.54, 1.807) is 0 Å². The lowest BCUT2D eigenvalue weighted by molar-refractivity contribution is -0.149. The van der Waals surface area contributed by atoms with Crippen LogP contribution in [-0.2, 0) is 4.79 Å². The standard InChI is InChI=1S/C36H70O2/c1-7-9-11-13-15-16-17-18-19-20-21-22-23-25-27-32(3)29-33(4)30-34(5)31-36(6,35(37)38)28-26-24-14-12-10-8-2/h16-17,32-34H,7-15,18-31H2,1-6H3,(H,37,38)/b17-16-. The predicted molar refractivity (Wildman–Crippen MR) is 170 cm³/mol. The number of rotatable bonds is 28. The lowest BCUT2D eigenvalue weighted by Gasteiger charge is -2.30. The van der Waals surface area contributed by atoms with Gasteiger partial charge in [-0.25, -0.2) is 0 Å². The number of hydrogen-bond donors (Lipinski definition) is 1. The second kappa shape index (κ2) is 25.2. The number of allylic oxidation sites excluding steroid dienone is 2. The van der Waals surface area contributed by atoms with E-state index in [0.29, 0.717) is 11.8 Å². The molecule has 0 aromatic heterocycles. The zero-order valence-corrected chi connectivity index (χ0v) is 27.0. The van der Waals surface area contributed by atoms with Crippen molar-refractivity contribution in [1.82, 2.24) is 0 Å². The molecule has 0 aliphatic carbocycles. The van der Waals surface area contributed by atoms with Gasteiger partial charge in [0.2, 0.25) is 0 Å². The molecule has 0 amide bonds. The number of carbonyl (C=O) groups is 1. The molecule has 2 nitrogen and oxygen atoms in total. The van der Waals surface area contributed by atoms with Crippen molar-refractivity contribution in [2.75, 3.05) is 0 Å². The van der Waals surface area contributed by atoms with Gasteiger partial charge in [-0.2, -0.15) is 0 Å². The van der Waals surface area contributed by atoms with Crippen molar-refractivity contribution in [3.8, 4) is 0 Å². The third kappa shape index (κ3) is 22.1. The quantitative estimate of drug-likeness (QED) is 0.0800. The first kappa shape index (κ1) is 37.2. The Bertz CT molecular complexity index is 554. The van der Waals surface area contributed by atoms with Gasteiger partial charge in [0, 0.05) is 0 Å². The molecule has 0 spiro atoms. The normalized spacial score (nSPS) is 15.9. The van der Waals surface area contributed by atoms with E-state index in [-0.39, 0.29) is 0 Å². The molecule has 0 fully saturated rings. The molecule has 38 heavy (non-hydrogen) atoms. The number of aliphatic carboxylic acids is 1. The van der Waals surface area contributed by atoms with Crippen molar-refractivity contribution in [2.24, 2.45) is 23.2 Å². The molecule has 0 aromatic rings. The lowest BCUT2D eigenvalue weighted by Crippen LogP contribution is -2.30. The van der Waals surface area contributed by atoms with E-state index in [9.17, 15) is 9.90 Å². The van der Waals surface area contributed by atoms with Crippen molar-refractivity contribution < 1.29 is 9.90 Å². The van der Waals surface area contributed by atoms with E-state index in [1.165, 1.54) is 122 Å². The van der Waals surface area contributed by atoms with Crippen molar-refractivity contribution in [1.29, 1.82) is 0 Å². The average molecular weight is 535 g/mol. The van der Waals surface area contributed by atoms with Crippen LogP contribution in [-0.4, -0.2) is 11.1 Å². The second-order valence-electron chi connectivity index (χ2n) is 13.4. The average Bonchev–Trinajstić information content (AvgIpc) is 2.86. The van der Waals surface area contributed by atoms with Crippen LogP contribution in [0.5, 0.6) is 0 Å². The Balaban J connectivity index is 3.92. The Hall–Kier alpha value is -0.790. The predicted octanol–water partition coefficient (Wildman–Crippen LogP) is 12.6. The Morgan fingerprint density at radius 3 is 1.63 bits per heavy atom. The van der Waals surface area contributed by atoms with Gasteiger partial charge in [0.25, 0.3) is 0 Å². The topological polar surface area (TPSA) is 37.3 Å². The summed E-state index contributed by atoms with van der Waals surface area (Å²) in [5.41, 5.74) is -0.556. The van der Waals surface area contributed by atoms with Gasteiger partial charge in [-0.1, -0.05) is 143 Å². The summed E-state index contributed by atoms with van der Waals surface area (Å²) in [4.78, 5) is 12.1. The first-order valence-corrected chi connectivity index (χ1v) is 17.1. The van der Waals surface area contributed by atoms with Crippen LogP contribution in [0.4, 0.5) is 0 Å². The van der Waals surface area contributed by atoms with Crippen LogP contribution in [0.2, 0.25) is 0 Å². The van der Waals surface area contributed by atoms with Crippen molar-refractivity contribution >= 4 is 5.97 Å². The van der Waals surface area contributed by atoms with Gasteiger partial charge in [0.05, 0.1) is 5.41 Å². The Labute approximate surface area is 240 Å². The first-order chi connectivity index (χ1) is 18.2. The molecule has 4 unspecified atom stereocenters. The molecule has 0 saturated carbocycles. The third-order valence-corrected chi connectivity index (χ3v) is 8.72. The Morgan fingerprint density at radius 1 is 0.632 bits per heavy atom. The molecule has 0 bridgehead atoms. The SMILES string of the molecule is CCCCCC/C=C\CCCCCCCCC(C)CC(C)CC(C)CC(C)(CCCCCCCC)C(=O)O. The van der Waals surface area contributed by atoms with E-state index in [1.807, 2.05) is 6.92 Å². The van der Waals surface area contributed by atoms with Crippen molar-refractivity contribution in [2.45, 2.75) is 189 Å². The summed E-state index contributed by atoms with van der Waals surface area (Å²) >= 11 is 0. The Kier molecular flexibility index (Phi) is 24.7. The fourth-order valence-electron chi connectivity index (χ4n) is 6.42. The highest BCUT2D eigenvalue weighted by molar-refractivity contribution is 5.74. The molecule has 0 aliphatic rings. The number of hydrogen-bond acceptors (Lipinski definition) is 1. The minimum Gasteiger partial charge on any atom is -0.481 e. The fraction of sp³-hybridized carbons (Fsp3) is 0.917. The molecule has 226 valence electrons. The molecular weight excluding hydrogens is 464 g/mol. The maximum atomic E-state index is 12.1. The maximum absolute atomic E-state index is 12.1. The van der Waals surface area contributed by atoms with Crippen molar-refractivity contribution in [3.05, 3.63) is 12.2 Å². The molecule has 0 aromatic carbocycles. The molecule has 0 aliphatic heterocycles. The summed E-state index contributed by atoms with van der Waals surface area (Å²) in [5, 5.41) is 9.95. The zero-order valence-electron chi connectivity index (χ0n) is 27.0. The summed E-state index contributed by atoms with van der Waals surface area (Å²) in [7, 11) is 0. The molecular formula is C36H70O2. The van der Waals surface area contributed by atoms with Crippen LogP contribution in [0.1, 0.15) is 189 Å². The van der Waals surface area contributed by atoms with Crippen molar-refractivity contribution in [3.63, 3.8) is 0 Å². The minimum absolute atomic E-state index is 0.481. The van der Waals surface area contributed by atoms with Gasteiger partial charge in [-0.15, -0.1) is 0 Å². The van der Waals surface area contributed by atoms with Gasteiger partial charge in [-0.05, 0) is 76.0 Å². The van der Waals surface area contributed by atoms with Crippen LogP contribution in [0.3, 0.4) is 0 Å². The highest BCUT2D eigenvalue weighted by atomic mass is 16.4. The van der Waals surface area contributed by atoms with E-state index >= 15 is 0 Å². The summed E-state index contributed by atoms with van der Waals surface area (Å²) in [6.45, 7) is 13.6. The molecule has 0 radical (unpaired) electrons. The summed E-state index contributed by atoms with van der Waals surface area (Å²) in [5.74, 6) is 1.36. The number of carboxylic acid groups (broad SMARTS) is 1. The van der Waals surface area contributed by atoms with Gasteiger partial charge in [-0.3, -0.25) is 4.79 Å². The van der Waals surface area contributed by atoms with Gasteiger partial charge < -0.3 is 5.11 Å². The summed E-state index contributed by atoms with van der Waals surface area (Å²) < 4.78 is 0. The molecule has 0 rings (SSSR count). The summed E-state index contributed by atoms with van der Waals surface area (Å²) in [6, 6.07) is 0. The highest BCUT2D eigenvalue weighted by Crippen LogP contribution is 2.36. The van der Waals surface area contributed by atoms with E-state index in [4.69, 9.17) is 0 Å². The van der Waals surface area contributed by atoms with Gasteiger partial charge >= 0.3 is 5.97 Å². The Morgan fingerprint density at radius 2 is 1.08 bits per heavy atom. The largest absolute Gasteiger partial charge is 0.481 e. The smallest absolute Gasteiger partial charge is 0.309 e. The van der Waals surface area contributed by atoms with E-state index < -0.39 is 11.4 Å². The van der Waals surface area contributed by atoms with Gasteiger partial charge in [0.1, 0.15) is 0 Å². The van der Waals surface area contributed by atoms with Gasteiger partial charge in [0.15, 0.2) is 0 Å². The zero-order chi connectivity index (χ0) is 28.5. The van der Waals surface area contributed by atoms with E-state index in [0.717, 1.165) is 31.6 Å². The highest BCUT2D eigenvalue weighted by Gasteiger charge is 2.34. The van der Waals surface area contributed by atoms with Crippen LogP contribution in [0.25, 0.3) is 0 Å². The molecule has 1 N–H and O–H groups in total. The summed E-state index contributed by atoms with van der Waals surface area (Å²) in [6.07, 6.45) is 33.9. The lowest BCUT2D eigenvalue weighted by atomic mass is 9.75. The molecule has 0 heterocycles. The fourth-order valence-corrected chi connectivity index (χ4v) is 6.42. The third-order valence-electron chi connectivity index (χ3n) is 8.72. The monoisotopic (exact) mass is 535 g/mol. The second-order valence-corrected chi connectivity index (χ2v) is 13.4. The van der Waals surface area contributed by atoms with Crippen LogP contribution in [0, 0.1) is 23.2 Å². The maximum Gasteiger partial charge on any atom is 0.309 e. The first-order valence-electron chi connectivity index (χ1n) is 17.1. The van der Waals surface area contributed by atoms with E-state index in [2.05, 4.69) is 46.8 Å². The van der Waals surface area contributed by atoms with Crippen LogP contribution >= 0.6 is 0 Å². The minimum atomic E-state index is -0.590. The number of unbranched alkanes of at least 4 members (excludes halogenated alkanes) is 15. The molecule has 2 heteroatoms. The van der Waals surface area contributed by atoms with Crippen LogP contribution < -0.4 is 0 Å². The molecule has 4 atom stereocenters. The number of carboxylic acids is 1. The van der Waals surface area contributed by atoms with Crippen LogP contribution in [0.15, 0.2) is 12.2 Å². The molecule has 0 saturated heterocycles.